The minimum Gasteiger partial charge on any atom is -0.480 e. The summed E-state index contributed by atoms with van der Waals surface area (Å²) < 4.78 is 10.9. The summed E-state index contributed by atoms with van der Waals surface area (Å²) in [5.41, 5.74) is 8.42. The van der Waals surface area contributed by atoms with E-state index in [1.165, 1.54) is 12.2 Å². The normalized spacial score (nSPS) is 14.2. The Hall–Kier alpha value is -5.90. The summed E-state index contributed by atoms with van der Waals surface area (Å²) in [6.45, 7) is 0.0632. The molecule has 0 saturated carbocycles. The predicted molar refractivity (Wildman–Crippen MR) is 178 cm³/mol. The van der Waals surface area contributed by atoms with Crippen molar-refractivity contribution in [1.29, 1.82) is 0 Å². The summed E-state index contributed by atoms with van der Waals surface area (Å²) in [5, 5.41) is 24.1. The lowest BCUT2D eigenvalue weighted by molar-refractivity contribution is -0.140. The molecule has 0 heterocycles. The third-order valence-corrected chi connectivity index (χ3v) is 8.78. The van der Waals surface area contributed by atoms with E-state index in [0.717, 1.165) is 44.5 Å². The van der Waals surface area contributed by atoms with Gasteiger partial charge in [0, 0.05) is 11.8 Å². The average molecular weight is 647 g/mol. The van der Waals surface area contributed by atoms with Crippen molar-refractivity contribution in [2.45, 2.75) is 36.8 Å². The Bertz CT molecular complexity index is 1660. The lowest BCUT2D eigenvalue weighted by atomic mass is 9.98. The number of rotatable bonds is 12. The summed E-state index contributed by atoms with van der Waals surface area (Å²) in [6, 6.07) is 28.9. The van der Waals surface area contributed by atoms with Crippen LogP contribution in [-0.2, 0) is 19.1 Å². The van der Waals surface area contributed by atoms with E-state index < -0.39 is 36.2 Å². The molecule has 6 rings (SSSR count). The van der Waals surface area contributed by atoms with Gasteiger partial charge in [0.1, 0.15) is 25.3 Å². The summed E-state index contributed by atoms with van der Waals surface area (Å²) >= 11 is 0. The van der Waals surface area contributed by atoms with E-state index in [4.69, 9.17) is 9.47 Å². The SMILES string of the molecule is O=C(N[C@@H](C/C=C/C[C@H](NC(=O)OCC1c2ccccc2-c2ccccc21)C(=O)O)C(=O)O)OCC1c2ccccc2-c2ccccc21. The van der Waals surface area contributed by atoms with Crippen molar-refractivity contribution in [3.63, 3.8) is 0 Å². The largest absolute Gasteiger partial charge is 0.480 e. The molecule has 0 spiro atoms. The fourth-order valence-corrected chi connectivity index (χ4v) is 6.47. The number of hydrogen-bond acceptors (Lipinski definition) is 6. The second-order valence-electron chi connectivity index (χ2n) is 11.7. The molecule has 10 nitrogen and oxygen atoms in total. The molecule has 0 radical (unpaired) electrons. The Balaban J connectivity index is 0.985. The molecule has 0 aliphatic heterocycles. The number of carbonyl (C=O) groups is 4. The van der Waals surface area contributed by atoms with Gasteiger partial charge < -0.3 is 30.3 Å². The zero-order chi connectivity index (χ0) is 33.6. The molecular weight excluding hydrogens is 612 g/mol. The van der Waals surface area contributed by atoms with Crippen molar-refractivity contribution in [3.8, 4) is 22.3 Å². The first-order chi connectivity index (χ1) is 23.3. The average Bonchev–Trinajstić information content (AvgIpc) is 3.59. The fourth-order valence-electron chi connectivity index (χ4n) is 6.47. The molecule has 244 valence electrons. The van der Waals surface area contributed by atoms with Gasteiger partial charge in [-0.2, -0.15) is 0 Å². The van der Waals surface area contributed by atoms with Crippen molar-refractivity contribution in [3.05, 3.63) is 131 Å². The maximum absolute atomic E-state index is 12.6. The van der Waals surface area contributed by atoms with Gasteiger partial charge in [-0.3, -0.25) is 0 Å². The monoisotopic (exact) mass is 646 g/mol. The van der Waals surface area contributed by atoms with Crippen molar-refractivity contribution >= 4 is 24.1 Å². The molecule has 2 amide bonds. The van der Waals surface area contributed by atoms with Gasteiger partial charge in [0.05, 0.1) is 0 Å². The molecule has 4 aromatic rings. The minimum atomic E-state index is -1.31. The van der Waals surface area contributed by atoms with Crippen LogP contribution in [0.25, 0.3) is 22.3 Å². The van der Waals surface area contributed by atoms with Crippen molar-refractivity contribution in [2.24, 2.45) is 0 Å². The molecule has 48 heavy (non-hydrogen) atoms. The van der Waals surface area contributed by atoms with Gasteiger partial charge in [-0.25, -0.2) is 19.2 Å². The van der Waals surface area contributed by atoms with Gasteiger partial charge in [-0.15, -0.1) is 0 Å². The molecule has 2 aliphatic rings. The molecular formula is C38H34N2O8. The molecule has 4 N–H and O–H groups in total. The van der Waals surface area contributed by atoms with Gasteiger partial charge in [0.15, 0.2) is 0 Å². The number of carboxylic acid groups (broad SMARTS) is 2. The zero-order valence-corrected chi connectivity index (χ0v) is 25.9. The molecule has 0 saturated heterocycles. The molecule has 0 fully saturated rings. The summed E-state index contributed by atoms with van der Waals surface area (Å²) in [6.07, 6.45) is 0.875. The second kappa shape index (κ2) is 14.3. The first-order valence-electron chi connectivity index (χ1n) is 15.7. The molecule has 2 atom stereocenters. The van der Waals surface area contributed by atoms with E-state index >= 15 is 0 Å². The van der Waals surface area contributed by atoms with Crippen molar-refractivity contribution in [2.75, 3.05) is 13.2 Å². The summed E-state index contributed by atoms with van der Waals surface area (Å²) in [4.78, 5) is 49.0. The highest BCUT2D eigenvalue weighted by molar-refractivity contribution is 5.82. The number of carboxylic acids is 2. The van der Waals surface area contributed by atoms with Crippen LogP contribution in [0.3, 0.4) is 0 Å². The Morgan fingerprint density at radius 3 is 1.12 bits per heavy atom. The second-order valence-corrected chi connectivity index (χ2v) is 11.7. The van der Waals surface area contributed by atoms with E-state index in [-0.39, 0.29) is 37.9 Å². The highest BCUT2D eigenvalue weighted by atomic mass is 16.6. The number of nitrogens with one attached hydrogen (secondary N) is 2. The summed E-state index contributed by atoms with van der Waals surface area (Å²) in [5.74, 6) is -2.91. The predicted octanol–water partition coefficient (Wildman–Crippen LogP) is 6.31. The lowest BCUT2D eigenvalue weighted by Crippen LogP contribution is -2.41. The van der Waals surface area contributed by atoms with Crippen LogP contribution in [0, 0.1) is 0 Å². The molecule has 2 aliphatic carbocycles. The van der Waals surface area contributed by atoms with Gasteiger partial charge in [0.2, 0.25) is 0 Å². The first-order valence-corrected chi connectivity index (χ1v) is 15.7. The van der Waals surface area contributed by atoms with E-state index in [1.807, 2.05) is 97.1 Å². The lowest BCUT2D eigenvalue weighted by Gasteiger charge is -2.17. The Morgan fingerprint density at radius 1 is 0.542 bits per heavy atom. The van der Waals surface area contributed by atoms with Gasteiger partial charge in [-0.05, 0) is 57.3 Å². The third-order valence-electron chi connectivity index (χ3n) is 8.78. The minimum absolute atomic E-state index is 0.0316. The number of fused-ring (bicyclic) bond motifs is 6. The fraction of sp³-hybridized carbons (Fsp3) is 0.211. The number of carbonyl (C=O) groups excluding carboxylic acids is 2. The molecule has 0 aromatic heterocycles. The number of ether oxygens (including phenoxy) is 2. The first kappa shape index (κ1) is 32.1. The van der Waals surface area contributed by atoms with E-state index in [2.05, 4.69) is 10.6 Å². The highest BCUT2D eigenvalue weighted by Crippen LogP contribution is 2.45. The number of amides is 2. The van der Waals surface area contributed by atoms with Crippen LogP contribution in [-0.4, -0.2) is 59.6 Å². The molecule has 10 heteroatoms. The van der Waals surface area contributed by atoms with Crippen molar-refractivity contribution in [1.82, 2.24) is 10.6 Å². The van der Waals surface area contributed by atoms with E-state index in [9.17, 15) is 29.4 Å². The molecule has 0 unspecified atom stereocenters. The Labute approximate surface area is 277 Å². The maximum Gasteiger partial charge on any atom is 0.407 e. The standard InChI is InChI=1S/C38H34N2O8/c41-35(42)33(39-37(45)47-21-31-27-15-5-1-11-23(27)24-12-2-6-16-28(24)31)19-9-10-20-34(36(43)44)40-38(46)48-22-32-29-17-7-3-13-25(29)26-14-4-8-18-30(26)32/h1-18,31-34H,19-22H2,(H,39,45)(H,40,46)(H,41,42)(H,43,44)/b10-9+/t33-,34-/m0/s1. The molecule has 0 bridgehead atoms. The maximum atomic E-state index is 12.6. The Morgan fingerprint density at radius 2 is 0.833 bits per heavy atom. The third kappa shape index (κ3) is 6.78. The van der Waals surface area contributed by atoms with Crippen LogP contribution in [0.5, 0.6) is 0 Å². The van der Waals surface area contributed by atoms with Crippen LogP contribution in [0.1, 0.15) is 46.9 Å². The van der Waals surface area contributed by atoms with Gasteiger partial charge in [0.25, 0.3) is 0 Å². The molecule has 4 aromatic carbocycles. The van der Waals surface area contributed by atoms with Gasteiger partial charge in [-0.1, -0.05) is 109 Å². The van der Waals surface area contributed by atoms with E-state index in [1.54, 1.807) is 0 Å². The van der Waals surface area contributed by atoms with Crippen LogP contribution in [0.2, 0.25) is 0 Å². The summed E-state index contributed by atoms with van der Waals surface area (Å²) in [7, 11) is 0. The number of alkyl carbamates (subject to hydrolysis) is 2. The zero-order valence-electron chi connectivity index (χ0n) is 25.9. The van der Waals surface area contributed by atoms with Gasteiger partial charge >= 0.3 is 24.1 Å². The smallest absolute Gasteiger partial charge is 0.407 e. The quantitative estimate of drug-likeness (QED) is 0.131. The van der Waals surface area contributed by atoms with Crippen LogP contribution in [0.4, 0.5) is 9.59 Å². The number of hydrogen-bond donors (Lipinski definition) is 4. The van der Waals surface area contributed by atoms with Crippen LogP contribution < -0.4 is 10.6 Å². The van der Waals surface area contributed by atoms with E-state index in [0.29, 0.717) is 0 Å². The topological polar surface area (TPSA) is 151 Å². The van der Waals surface area contributed by atoms with Crippen LogP contribution >= 0.6 is 0 Å². The van der Waals surface area contributed by atoms with Crippen molar-refractivity contribution < 1.29 is 38.9 Å². The van der Waals surface area contributed by atoms with Crippen LogP contribution in [0.15, 0.2) is 109 Å². The highest BCUT2D eigenvalue weighted by Gasteiger charge is 2.31. The number of aliphatic carboxylic acids is 2. The Kier molecular flexibility index (Phi) is 9.52. The number of benzene rings is 4.